The van der Waals surface area contributed by atoms with Crippen molar-refractivity contribution in [3.8, 4) is 0 Å². The van der Waals surface area contributed by atoms with Gasteiger partial charge >= 0.3 is 0 Å². The van der Waals surface area contributed by atoms with Gasteiger partial charge in [0.05, 0.1) is 17.6 Å². The first-order chi connectivity index (χ1) is 5.81. The molecule has 0 unspecified atom stereocenters. The van der Waals surface area contributed by atoms with E-state index in [2.05, 4.69) is 18.9 Å². The van der Waals surface area contributed by atoms with Crippen LogP contribution in [-0.2, 0) is 5.88 Å². The zero-order valence-electron chi connectivity index (χ0n) is 7.63. The van der Waals surface area contributed by atoms with E-state index >= 15 is 0 Å². The summed E-state index contributed by atoms with van der Waals surface area (Å²) in [4.78, 5) is 0. The maximum Gasteiger partial charge on any atom is 0.0772 e. The molecule has 0 aliphatic rings. The molecule has 0 spiro atoms. The van der Waals surface area contributed by atoms with Crippen LogP contribution in [0.2, 0.25) is 0 Å². The monoisotopic (exact) mass is 186 g/mol. The Morgan fingerprint density at radius 3 is 2.58 bits per heavy atom. The first kappa shape index (κ1) is 9.59. The van der Waals surface area contributed by atoms with Crippen molar-refractivity contribution in [1.82, 2.24) is 9.78 Å². The summed E-state index contributed by atoms with van der Waals surface area (Å²) < 4.78 is 2.01. The molecule has 1 heterocycles. The largest absolute Gasteiger partial charge is 0.269 e. The first-order valence-electron chi connectivity index (χ1n) is 4.41. The molecule has 1 aromatic heterocycles. The molecule has 2 nitrogen and oxygen atoms in total. The molecule has 0 saturated heterocycles. The van der Waals surface area contributed by atoms with Crippen molar-refractivity contribution in [1.29, 1.82) is 0 Å². The molecule has 0 aliphatic heterocycles. The summed E-state index contributed by atoms with van der Waals surface area (Å²) in [5.41, 5.74) is 0.962. The van der Waals surface area contributed by atoms with Crippen LogP contribution in [0.3, 0.4) is 0 Å². The van der Waals surface area contributed by atoms with E-state index in [0.29, 0.717) is 11.9 Å². The molecule has 1 rings (SSSR count). The molecule has 68 valence electrons. The van der Waals surface area contributed by atoms with Crippen LogP contribution < -0.4 is 0 Å². The fraction of sp³-hybridized carbons (Fsp3) is 0.667. The Morgan fingerprint density at radius 1 is 1.50 bits per heavy atom. The molecule has 0 N–H and O–H groups in total. The lowest BCUT2D eigenvalue weighted by atomic mass is 10.2. The van der Waals surface area contributed by atoms with Crippen LogP contribution in [0.1, 0.15) is 38.4 Å². The van der Waals surface area contributed by atoms with Crippen LogP contribution in [0, 0.1) is 0 Å². The molecule has 0 radical (unpaired) electrons. The van der Waals surface area contributed by atoms with E-state index in [4.69, 9.17) is 11.6 Å². The third kappa shape index (κ3) is 2.01. The summed E-state index contributed by atoms with van der Waals surface area (Å²) in [6, 6.07) is 2.51. The maximum absolute atomic E-state index is 5.66. The molecule has 0 bridgehead atoms. The number of aromatic nitrogens is 2. The Balaban J connectivity index is 2.72. The van der Waals surface area contributed by atoms with Crippen LogP contribution in [0.25, 0.3) is 0 Å². The number of hydrogen-bond acceptors (Lipinski definition) is 1. The van der Waals surface area contributed by atoms with Crippen LogP contribution in [0.5, 0.6) is 0 Å². The van der Waals surface area contributed by atoms with Gasteiger partial charge in [-0.25, -0.2) is 0 Å². The zero-order valence-corrected chi connectivity index (χ0v) is 8.38. The normalized spacial score (nSPS) is 11.0. The molecule has 0 aliphatic carbocycles. The van der Waals surface area contributed by atoms with Gasteiger partial charge in [-0.15, -0.1) is 11.6 Å². The Morgan fingerprint density at radius 2 is 2.17 bits per heavy atom. The van der Waals surface area contributed by atoms with E-state index in [1.807, 2.05) is 16.9 Å². The Labute approximate surface area is 78.5 Å². The molecular formula is C9H15ClN2. The predicted molar refractivity (Wildman–Crippen MR) is 51.4 cm³/mol. The fourth-order valence-electron chi connectivity index (χ4n) is 1.31. The van der Waals surface area contributed by atoms with E-state index in [0.717, 1.165) is 18.5 Å². The van der Waals surface area contributed by atoms with Crippen molar-refractivity contribution in [2.75, 3.05) is 0 Å². The number of alkyl halides is 1. The van der Waals surface area contributed by atoms with Gasteiger partial charge in [-0.2, -0.15) is 5.10 Å². The number of halogens is 1. The lowest BCUT2D eigenvalue weighted by Gasteiger charge is -2.12. The summed E-state index contributed by atoms with van der Waals surface area (Å²) in [5, 5.41) is 4.36. The number of hydrogen-bond donors (Lipinski definition) is 0. The van der Waals surface area contributed by atoms with Crippen molar-refractivity contribution in [2.24, 2.45) is 0 Å². The molecular weight excluding hydrogens is 172 g/mol. The highest BCUT2D eigenvalue weighted by Gasteiger charge is 2.06. The zero-order chi connectivity index (χ0) is 8.97. The van der Waals surface area contributed by atoms with E-state index < -0.39 is 0 Å². The SMILES string of the molecule is CCC(CC)n1ccc(CCl)n1. The van der Waals surface area contributed by atoms with Gasteiger partial charge in [0.25, 0.3) is 0 Å². The summed E-state index contributed by atoms with van der Waals surface area (Å²) in [5.74, 6) is 0.507. The van der Waals surface area contributed by atoms with Crippen molar-refractivity contribution >= 4 is 11.6 Å². The lowest BCUT2D eigenvalue weighted by Crippen LogP contribution is -2.07. The summed E-state index contributed by atoms with van der Waals surface area (Å²) in [6.07, 6.45) is 4.26. The van der Waals surface area contributed by atoms with Gasteiger partial charge in [0.2, 0.25) is 0 Å². The summed E-state index contributed by atoms with van der Waals surface area (Å²) in [7, 11) is 0. The highest BCUT2D eigenvalue weighted by molar-refractivity contribution is 6.16. The summed E-state index contributed by atoms with van der Waals surface area (Å²) in [6.45, 7) is 4.35. The van der Waals surface area contributed by atoms with Crippen LogP contribution in [-0.4, -0.2) is 9.78 Å². The Hall–Kier alpha value is -0.500. The van der Waals surface area contributed by atoms with Gasteiger partial charge < -0.3 is 0 Å². The average molecular weight is 187 g/mol. The number of rotatable bonds is 4. The third-order valence-corrected chi connectivity index (χ3v) is 2.39. The van der Waals surface area contributed by atoms with Crippen molar-refractivity contribution in [3.05, 3.63) is 18.0 Å². The molecule has 12 heavy (non-hydrogen) atoms. The topological polar surface area (TPSA) is 17.8 Å². The highest BCUT2D eigenvalue weighted by Crippen LogP contribution is 2.14. The molecule has 0 atom stereocenters. The van der Waals surface area contributed by atoms with Crippen LogP contribution in [0.15, 0.2) is 12.3 Å². The van der Waals surface area contributed by atoms with Gasteiger partial charge in [0, 0.05) is 6.20 Å². The predicted octanol–water partition coefficient (Wildman–Crippen LogP) is 2.98. The van der Waals surface area contributed by atoms with Crippen molar-refractivity contribution in [3.63, 3.8) is 0 Å². The molecule has 0 aromatic carbocycles. The van der Waals surface area contributed by atoms with E-state index in [1.54, 1.807) is 0 Å². The minimum atomic E-state index is 0.507. The molecule has 0 saturated carbocycles. The minimum absolute atomic E-state index is 0.507. The quantitative estimate of drug-likeness (QED) is 0.662. The molecule has 3 heteroatoms. The van der Waals surface area contributed by atoms with E-state index in [-0.39, 0.29) is 0 Å². The lowest BCUT2D eigenvalue weighted by molar-refractivity contribution is 0.426. The minimum Gasteiger partial charge on any atom is -0.269 e. The van der Waals surface area contributed by atoms with Crippen LogP contribution in [0.4, 0.5) is 0 Å². The molecule has 0 amide bonds. The van der Waals surface area contributed by atoms with Gasteiger partial charge in [-0.05, 0) is 18.9 Å². The highest BCUT2D eigenvalue weighted by atomic mass is 35.5. The first-order valence-corrected chi connectivity index (χ1v) is 4.95. The number of nitrogens with zero attached hydrogens (tertiary/aromatic N) is 2. The second kappa shape index (κ2) is 4.51. The second-order valence-corrected chi connectivity index (χ2v) is 3.16. The Kier molecular flexibility index (Phi) is 3.60. The van der Waals surface area contributed by atoms with Gasteiger partial charge in [-0.1, -0.05) is 13.8 Å². The third-order valence-electron chi connectivity index (χ3n) is 2.12. The second-order valence-electron chi connectivity index (χ2n) is 2.89. The Bertz CT molecular complexity index is 228. The fourth-order valence-corrected chi connectivity index (χ4v) is 1.46. The molecule has 1 aromatic rings. The average Bonchev–Trinajstić information content (AvgIpc) is 2.55. The maximum atomic E-state index is 5.66. The van der Waals surface area contributed by atoms with Crippen molar-refractivity contribution in [2.45, 2.75) is 38.6 Å². The molecule has 0 fully saturated rings. The summed E-state index contributed by atoms with van der Waals surface area (Å²) >= 11 is 5.66. The smallest absolute Gasteiger partial charge is 0.0772 e. The van der Waals surface area contributed by atoms with E-state index in [9.17, 15) is 0 Å². The van der Waals surface area contributed by atoms with Gasteiger partial charge in [0.1, 0.15) is 0 Å². The van der Waals surface area contributed by atoms with Gasteiger partial charge in [-0.3, -0.25) is 4.68 Å². The van der Waals surface area contributed by atoms with Gasteiger partial charge in [0.15, 0.2) is 0 Å². The van der Waals surface area contributed by atoms with E-state index in [1.165, 1.54) is 0 Å². The standard InChI is InChI=1S/C9H15ClN2/c1-3-9(4-2)12-6-5-8(7-10)11-12/h5-6,9H,3-4,7H2,1-2H3. The van der Waals surface area contributed by atoms with Crippen LogP contribution >= 0.6 is 11.6 Å². The van der Waals surface area contributed by atoms with Crippen molar-refractivity contribution < 1.29 is 0 Å².